The van der Waals surface area contributed by atoms with Gasteiger partial charge in [-0.15, -0.1) is 0 Å². The number of esters is 4. The molecule has 5 atom stereocenters. The molecule has 0 aliphatic rings. The molecule has 3 N–H and O–H groups in total. The maximum absolute atomic E-state index is 13.1. The predicted octanol–water partition coefficient (Wildman–Crippen LogP) is 22.4. The van der Waals surface area contributed by atoms with Crippen LogP contribution in [-0.4, -0.2) is 96.7 Å². The highest BCUT2D eigenvalue weighted by Crippen LogP contribution is 2.45. The van der Waals surface area contributed by atoms with Gasteiger partial charge in [0.2, 0.25) is 0 Å². The summed E-state index contributed by atoms with van der Waals surface area (Å²) >= 11 is 0. The normalized spacial score (nSPS) is 14.1. The van der Waals surface area contributed by atoms with E-state index in [4.69, 9.17) is 37.0 Å². The van der Waals surface area contributed by atoms with Crippen LogP contribution < -0.4 is 0 Å². The van der Waals surface area contributed by atoms with Crippen LogP contribution in [0.25, 0.3) is 0 Å². The van der Waals surface area contributed by atoms with Crippen molar-refractivity contribution in [3.63, 3.8) is 0 Å². The molecule has 0 aromatic carbocycles. The molecule has 19 heteroatoms. The van der Waals surface area contributed by atoms with E-state index in [0.29, 0.717) is 31.6 Å². The van der Waals surface area contributed by atoms with Crippen molar-refractivity contribution in [1.82, 2.24) is 0 Å². The Morgan fingerprint density at radius 1 is 0.260 bits per heavy atom. The van der Waals surface area contributed by atoms with E-state index >= 15 is 0 Å². The summed E-state index contributed by atoms with van der Waals surface area (Å²) in [5.41, 5.74) is 0. The zero-order valence-corrected chi connectivity index (χ0v) is 64.8. The standard InChI is InChI=1S/C77H150O17P2/c1-67(2)53-45-37-29-22-16-12-9-10-14-18-25-33-41-49-57-74(79)87-63-72(93-77(82)60-52-44-35-27-21-20-24-31-39-47-55-69(5)6)65-91-95(83,84)89-61-71(78)62-90-96(85,86)92-66-73(64-88-75(80)58-50-42-36-28-32-40-48-56-70(7)8)94-76(81)59-51-43-34-26-19-15-11-13-17-23-30-38-46-54-68(3)4/h67-73,78H,9-66H2,1-8H3,(H,83,84)(H,85,86)/t71?,72-,73-/m1/s1. The number of carbonyl (C=O) groups excluding carboxylic acids is 4. The molecular weight excluding hydrogens is 1260 g/mol. The van der Waals surface area contributed by atoms with Crippen molar-refractivity contribution in [2.24, 2.45) is 23.7 Å². The number of hydrogen-bond acceptors (Lipinski definition) is 15. The summed E-state index contributed by atoms with van der Waals surface area (Å²) in [5.74, 6) is 0.923. The van der Waals surface area contributed by atoms with Crippen molar-refractivity contribution in [3.05, 3.63) is 0 Å². The molecule has 3 unspecified atom stereocenters. The van der Waals surface area contributed by atoms with Gasteiger partial charge in [-0.1, -0.05) is 338 Å². The second kappa shape index (κ2) is 66.3. The quantitative estimate of drug-likeness (QED) is 0.0222. The van der Waals surface area contributed by atoms with Gasteiger partial charge in [-0.3, -0.25) is 37.3 Å². The fraction of sp³-hybridized carbons (Fsp3) is 0.948. The molecule has 0 aliphatic carbocycles. The van der Waals surface area contributed by atoms with Gasteiger partial charge in [-0.25, -0.2) is 9.13 Å². The van der Waals surface area contributed by atoms with Crippen molar-refractivity contribution in [2.75, 3.05) is 39.6 Å². The van der Waals surface area contributed by atoms with Gasteiger partial charge in [-0.2, -0.15) is 0 Å². The molecule has 0 bridgehead atoms. The summed E-state index contributed by atoms with van der Waals surface area (Å²) in [5, 5.41) is 10.6. The number of phosphoric acid groups is 2. The average molecular weight is 1410 g/mol. The van der Waals surface area contributed by atoms with Crippen molar-refractivity contribution in [2.45, 2.75) is 408 Å². The summed E-state index contributed by atoms with van der Waals surface area (Å²) in [6.07, 6.45) is 51.4. The largest absolute Gasteiger partial charge is 0.472 e. The number of aliphatic hydroxyl groups is 1. The van der Waals surface area contributed by atoms with Crippen LogP contribution in [0.15, 0.2) is 0 Å². The van der Waals surface area contributed by atoms with E-state index in [0.717, 1.165) is 114 Å². The lowest BCUT2D eigenvalue weighted by molar-refractivity contribution is -0.161. The maximum atomic E-state index is 13.1. The SMILES string of the molecule is CC(C)CCCCCCCCCCCCCCCCC(=O)OC[C@H](COP(=O)(O)OCC(O)COP(=O)(O)OC[C@@H](COC(=O)CCCCCCCCCC(C)C)OC(=O)CCCCCCCCCCCCCCCC(C)C)OC(=O)CCCCCCCCCCCCC(C)C. The van der Waals surface area contributed by atoms with E-state index in [1.165, 1.54) is 186 Å². The van der Waals surface area contributed by atoms with Crippen molar-refractivity contribution in [3.8, 4) is 0 Å². The third kappa shape index (κ3) is 70.5. The summed E-state index contributed by atoms with van der Waals surface area (Å²) in [4.78, 5) is 72.9. The number of carbonyl (C=O) groups is 4. The van der Waals surface area contributed by atoms with Gasteiger partial charge in [0.1, 0.15) is 19.3 Å². The number of hydrogen-bond donors (Lipinski definition) is 3. The highest BCUT2D eigenvalue weighted by Gasteiger charge is 2.30. The van der Waals surface area contributed by atoms with E-state index in [-0.39, 0.29) is 25.7 Å². The predicted molar refractivity (Wildman–Crippen MR) is 391 cm³/mol. The molecule has 0 aliphatic heterocycles. The first-order valence-corrected chi connectivity index (χ1v) is 42.7. The van der Waals surface area contributed by atoms with Gasteiger partial charge in [-0.05, 0) is 49.4 Å². The van der Waals surface area contributed by atoms with Gasteiger partial charge in [0.25, 0.3) is 0 Å². The first-order chi connectivity index (χ1) is 46.1. The molecule has 0 radical (unpaired) electrons. The molecule has 0 fully saturated rings. The molecular formula is C77H150O17P2. The number of ether oxygens (including phenoxy) is 4. The number of aliphatic hydroxyl groups excluding tert-OH is 1. The average Bonchev–Trinajstić information content (AvgIpc) is 2.20. The van der Waals surface area contributed by atoms with Gasteiger partial charge in [0.05, 0.1) is 26.4 Å². The van der Waals surface area contributed by atoms with Gasteiger partial charge >= 0.3 is 39.5 Å². The topological polar surface area (TPSA) is 237 Å². The molecule has 0 spiro atoms. The second-order valence-corrected chi connectivity index (χ2v) is 32.6. The molecule has 17 nitrogen and oxygen atoms in total. The van der Waals surface area contributed by atoms with Crippen LogP contribution in [0.3, 0.4) is 0 Å². The van der Waals surface area contributed by atoms with Gasteiger partial charge in [0, 0.05) is 25.7 Å². The Hall–Kier alpha value is -1.94. The molecule has 0 rings (SSSR count). The molecule has 0 saturated heterocycles. The summed E-state index contributed by atoms with van der Waals surface area (Å²) in [6, 6.07) is 0. The van der Waals surface area contributed by atoms with Crippen LogP contribution in [0.4, 0.5) is 0 Å². The fourth-order valence-electron chi connectivity index (χ4n) is 11.7. The van der Waals surface area contributed by atoms with E-state index in [9.17, 15) is 43.2 Å². The lowest BCUT2D eigenvalue weighted by Crippen LogP contribution is -2.30. The highest BCUT2D eigenvalue weighted by atomic mass is 31.2. The van der Waals surface area contributed by atoms with E-state index in [2.05, 4.69) is 55.4 Å². The zero-order chi connectivity index (χ0) is 71.0. The Morgan fingerprint density at radius 3 is 0.646 bits per heavy atom. The molecule has 0 amide bonds. The van der Waals surface area contributed by atoms with E-state index in [1.807, 2.05) is 0 Å². The zero-order valence-electron chi connectivity index (χ0n) is 63.0. The highest BCUT2D eigenvalue weighted by molar-refractivity contribution is 7.47. The van der Waals surface area contributed by atoms with Crippen LogP contribution in [0.5, 0.6) is 0 Å². The summed E-state index contributed by atoms with van der Waals surface area (Å²) in [7, 11) is -9.91. The Morgan fingerprint density at radius 2 is 0.438 bits per heavy atom. The second-order valence-electron chi connectivity index (χ2n) is 29.7. The minimum Gasteiger partial charge on any atom is -0.462 e. The van der Waals surface area contributed by atoms with Crippen molar-refractivity contribution >= 4 is 39.5 Å². The fourth-order valence-corrected chi connectivity index (χ4v) is 13.3. The van der Waals surface area contributed by atoms with Crippen LogP contribution in [-0.2, 0) is 65.4 Å². The molecule has 0 aromatic rings. The van der Waals surface area contributed by atoms with Crippen LogP contribution in [0.2, 0.25) is 0 Å². The smallest absolute Gasteiger partial charge is 0.462 e. The first kappa shape index (κ1) is 94.1. The van der Waals surface area contributed by atoms with Gasteiger partial charge in [0.15, 0.2) is 12.2 Å². The third-order valence-electron chi connectivity index (χ3n) is 17.8. The molecule has 0 saturated carbocycles. The molecule has 570 valence electrons. The van der Waals surface area contributed by atoms with E-state index in [1.54, 1.807) is 0 Å². The minimum absolute atomic E-state index is 0.106. The lowest BCUT2D eigenvalue weighted by atomic mass is 10.0. The molecule has 96 heavy (non-hydrogen) atoms. The summed E-state index contributed by atoms with van der Waals surface area (Å²) < 4.78 is 68.6. The van der Waals surface area contributed by atoms with Crippen molar-refractivity contribution < 1.29 is 80.2 Å². The van der Waals surface area contributed by atoms with Gasteiger partial charge < -0.3 is 33.8 Å². The Kier molecular flexibility index (Phi) is 65.0. The third-order valence-corrected chi connectivity index (χ3v) is 19.7. The van der Waals surface area contributed by atoms with Crippen LogP contribution >= 0.6 is 15.6 Å². The maximum Gasteiger partial charge on any atom is 0.472 e. The number of rotatable bonds is 74. The molecule has 0 heterocycles. The number of unbranched alkanes of at least 4 members (excludes halogenated alkanes) is 40. The minimum atomic E-state index is -4.96. The lowest BCUT2D eigenvalue weighted by Gasteiger charge is -2.21. The summed E-state index contributed by atoms with van der Waals surface area (Å²) in [6.45, 7) is 14.2. The Labute approximate surface area is 588 Å². The Bertz CT molecular complexity index is 1880. The first-order valence-electron chi connectivity index (χ1n) is 39.7. The van der Waals surface area contributed by atoms with Crippen LogP contribution in [0, 0.1) is 23.7 Å². The number of phosphoric ester groups is 2. The monoisotopic (exact) mass is 1410 g/mol. The van der Waals surface area contributed by atoms with Crippen LogP contribution in [0.1, 0.15) is 389 Å². The van der Waals surface area contributed by atoms with E-state index < -0.39 is 97.5 Å². The molecule has 0 aromatic heterocycles. The Balaban J connectivity index is 5.24. The van der Waals surface area contributed by atoms with Crippen molar-refractivity contribution in [1.29, 1.82) is 0 Å².